The van der Waals surface area contributed by atoms with Crippen LogP contribution < -0.4 is 0 Å². The first-order valence-electron chi connectivity index (χ1n) is 5.33. The Bertz CT molecular complexity index is 111. The van der Waals surface area contributed by atoms with Crippen molar-refractivity contribution in [1.29, 1.82) is 0 Å². The highest BCUT2D eigenvalue weighted by Crippen LogP contribution is 2.20. The average Bonchev–Trinajstić information content (AvgIpc) is 2.02. The fourth-order valence-corrected chi connectivity index (χ4v) is 2.31. The number of rotatable bonds is 7. The normalized spacial score (nSPS) is 16.2. The van der Waals surface area contributed by atoms with Gasteiger partial charge in [0, 0.05) is 5.25 Å². The molecule has 13 heavy (non-hydrogen) atoms. The molecule has 0 radical (unpaired) electrons. The molecular formula is C11H24S2. The van der Waals surface area contributed by atoms with Crippen molar-refractivity contribution in [3.8, 4) is 0 Å². The van der Waals surface area contributed by atoms with Gasteiger partial charge in [-0.25, -0.2) is 0 Å². The van der Waals surface area contributed by atoms with Gasteiger partial charge in [-0.2, -0.15) is 24.4 Å². The van der Waals surface area contributed by atoms with Crippen LogP contribution in [0.3, 0.4) is 0 Å². The summed E-state index contributed by atoms with van der Waals surface area (Å²) in [5.74, 6) is 2.13. The second kappa shape index (κ2) is 8.05. The van der Waals surface area contributed by atoms with Gasteiger partial charge in [0.05, 0.1) is 0 Å². The fourth-order valence-electron chi connectivity index (χ4n) is 1.00. The van der Waals surface area contributed by atoms with Crippen LogP contribution in [0.2, 0.25) is 0 Å². The van der Waals surface area contributed by atoms with Crippen LogP contribution in [0.15, 0.2) is 0 Å². The van der Waals surface area contributed by atoms with E-state index in [9.17, 15) is 0 Å². The Morgan fingerprint density at radius 1 is 1.08 bits per heavy atom. The molecule has 0 saturated carbocycles. The Balaban J connectivity index is 3.16. The molecule has 80 valence electrons. The van der Waals surface area contributed by atoms with E-state index < -0.39 is 0 Å². The van der Waals surface area contributed by atoms with Crippen molar-refractivity contribution < 1.29 is 0 Å². The Hall–Kier alpha value is 0.700. The van der Waals surface area contributed by atoms with Gasteiger partial charge >= 0.3 is 0 Å². The Kier molecular flexibility index (Phi) is 8.48. The van der Waals surface area contributed by atoms with E-state index in [1.165, 1.54) is 25.0 Å². The maximum Gasteiger partial charge on any atom is 0.00417 e. The molecule has 0 aliphatic carbocycles. The maximum absolute atomic E-state index is 4.37. The highest BCUT2D eigenvalue weighted by atomic mass is 32.2. The molecular weight excluding hydrogens is 196 g/mol. The maximum atomic E-state index is 4.37. The summed E-state index contributed by atoms with van der Waals surface area (Å²) in [6.45, 7) is 9.10. The van der Waals surface area contributed by atoms with Gasteiger partial charge in [0.15, 0.2) is 0 Å². The molecule has 0 N–H and O–H groups in total. The number of unbranched alkanes of at least 4 members (excludes halogenated alkanes) is 1. The van der Waals surface area contributed by atoms with Crippen LogP contribution in [-0.2, 0) is 0 Å². The van der Waals surface area contributed by atoms with Crippen LogP contribution in [0.4, 0.5) is 0 Å². The van der Waals surface area contributed by atoms with Crippen molar-refractivity contribution in [2.45, 2.75) is 57.5 Å². The lowest BCUT2D eigenvalue weighted by Gasteiger charge is -2.14. The standard InChI is InChI=1S/C11H24S2/c1-9(2)11(4)13-8-6-5-7-10(3)12/h9-12H,5-8H2,1-4H3. The smallest absolute Gasteiger partial charge is 0.00417 e. The summed E-state index contributed by atoms with van der Waals surface area (Å²) < 4.78 is 0. The SMILES string of the molecule is CC(S)CCCCSC(C)C(C)C. The van der Waals surface area contributed by atoms with E-state index in [1.807, 2.05) is 0 Å². The predicted molar refractivity (Wildman–Crippen MR) is 69.1 cm³/mol. The van der Waals surface area contributed by atoms with E-state index in [4.69, 9.17) is 0 Å². The molecule has 0 aliphatic rings. The molecule has 0 aromatic heterocycles. The van der Waals surface area contributed by atoms with Crippen LogP contribution in [0.5, 0.6) is 0 Å². The molecule has 2 heteroatoms. The first kappa shape index (κ1) is 13.7. The molecule has 0 heterocycles. The van der Waals surface area contributed by atoms with E-state index >= 15 is 0 Å². The lowest BCUT2D eigenvalue weighted by molar-refractivity contribution is 0.640. The first-order valence-corrected chi connectivity index (χ1v) is 6.90. The van der Waals surface area contributed by atoms with E-state index in [0.29, 0.717) is 5.25 Å². The van der Waals surface area contributed by atoms with Crippen molar-refractivity contribution in [3.05, 3.63) is 0 Å². The van der Waals surface area contributed by atoms with E-state index in [1.54, 1.807) is 0 Å². The molecule has 0 saturated heterocycles. The monoisotopic (exact) mass is 220 g/mol. The molecule has 0 rings (SSSR count). The minimum absolute atomic E-state index is 0.576. The molecule has 0 nitrogen and oxygen atoms in total. The van der Waals surface area contributed by atoms with E-state index in [2.05, 4.69) is 52.1 Å². The predicted octanol–water partition coefficient (Wildman–Crippen LogP) is 4.25. The fraction of sp³-hybridized carbons (Fsp3) is 1.00. The summed E-state index contributed by atoms with van der Waals surface area (Å²) in [5.41, 5.74) is 0. The molecule has 0 spiro atoms. The van der Waals surface area contributed by atoms with Crippen molar-refractivity contribution in [2.24, 2.45) is 5.92 Å². The van der Waals surface area contributed by atoms with Crippen molar-refractivity contribution >= 4 is 24.4 Å². The van der Waals surface area contributed by atoms with E-state index in [0.717, 1.165) is 11.2 Å². The summed E-state index contributed by atoms with van der Waals surface area (Å²) >= 11 is 6.48. The highest BCUT2D eigenvalue weighted by Gasteiger charge is 2.06. The van der Waals surface area contributed by atoms with Gasteiger partial charge in [-0.1, -0.05) is 34.1 Å². The number of hydrogen-bond acceptors (Lipinski definition) is 2. The number of thiol groups is 1. The van der Waals surface area contributed by atoms with Gasteiger partial charge in [-0.15, -0.1) is 0 Å². The first-order chi connectivity index (χ1) is 6.04. The van der Waals surface area contributed by atoms with Gasteiger partial charge in [0.2, 0.25) is 0 Å². The van der Waals surface area contributed by atoms with Crippen LogP contribution in [0.1, 0.15) is 47.0 Å². The van der Waals surface area contributed by atoms with Crippen LogP contribution in [0.25, 0.3) is 0 Å². The van der Waals surface area contributed by atoms with Crippen LogP contribution >= 0.6 is 24.4 Å². The summed E-state index contributed by atoms with van der Waals surface area (Å²) in [6, 6.07) is 0. The topological polar surface area (TPSA) is 0 Å². The Morgan fingerprint density at radius 3 is 2.15 bits per heavy atom. The van der Waals surface area contributed by atoms with Gasteiger partial charge in [-0.05, 0) is 29.8 Å². The molecule has 0 aliphatic heterocycles. The summed E-state index contributed by atoms with van der Waals surface area (Å²) in [5, 5.41) is 1.39. The van der Waals surface area contributed by atoms with Crippen molar-refractivity contribution in [3.63, 3.8) is 0 Å². The highest BCUT2D eigenvalue weighted by molar-refractivity contribution is 7.99. The van der Waals surface area contributed by atoms with Crippen molar-refractivity contribution in [1.82, 2.24) is 0 Å². The second-order valence-electron chi connectivity index (χ2n) is 4.16. The zero-order valence-corrected chi connectivity index (χ0v) is 11.1. The third kappa shape index (κ3) is 9.01. The number of thioether (sulfide) groups is 1. The van der Waals surface area contributed by atoms with Crippen LogP contribution in [0, 0.1) is 5.92 Å². The van der Waals surface area contributed by atoms with Gasteiger partial charge in [0.1, 0.15) is 0 Å². The second-order valence-corrected chi connectivity index (χ2v) is 6.53. The zero-order valence-electron chi connectivity index (χ0n) is 9.42. The minimum Gasteiger partial charge on any atom is -0.176 e. The molecule has 2 unspecified atom stereocenters. The lowest BCUT2D eigenvalue weighted by Crippen LogP contribution is -2.06. The van der Waals surface area contributed by atoms with Gasteiger partial charge in [-0.3, -0.25) is 0 Å². The minimum atomic E-state index is 0.576. The van der Waals surface area contributed by atoms with Gasteiger partial charge < -0.3 is 0 Å². The molecule has 2 atom stereocenters. The molecule has 0 fully saturated rings. The lowest BCUT2D eigenvalue weighted by atomic mass is 10.2. The van der Waals surface area contributed by atoms with Crippen LogP contribution in [-0.4, -0.2) is 16.3 Å². The molecule has 0 bridgehead atoms. The van der Waals surface area contributed by atoms with Gasteiger partial charge in [0.25, 0.3) is 0 Å². The number of hydrogen-bond donors (Lipinski definition) is 1. The Morgan fingerprint density at radius 2 is 1.69 bits per heavy atom. The molecule has 0 amide bonds. The third-order valence-electron chi connectivity index (χ3n) is 2.34. The summed E-state index contributed by atoms with van der Waals surface area (Å²) in [6.07, 6.45) is 3.95. The largest absolute Gasteiger partial charge is 0.176 e. The van der Waals surface area contributed by atoms with E-state index in [-0.39, 0.29) is 0 Å². The molecule has 0 aromatic carbocycles. The third-order valence-corrected chi connectivity index (χ3v) is 4.19. The summed E-state index contributed by atoms with van der Waals surface area (Å²) in [7, 11) is 0. The summed E-state index contributed by atoms with van der Waals surface area (Å²) in [4.78, 5) is 0. The van der Waals surface area contributed by atoms with Crippen molar-refractivity contribution in [2.75, 3.05) is 5.75 Å². The zero-order chi connectivity index (χ0) is 10.3. The Labute approximate surface area is 93.7 Å². The molecule has 0 aromatic rings. The quantitative estimate of drug-likeness (QED) is 0.494. The average molecular weight is 220 g/mol.